The van der Waals surface area contributed by atoms with Gasteiger partial charge in [0.25, 0.3) is 0 Å². The SMILES string of the molecule is CCc1cc2c(N3CCN(C(=O)C=Cc4ccco4)CC3)ncnc2s1. The van der Waals surface area contributed by atoms with Crippen LogP contribution in [0.3, 0.4) is 0 Å². The average Bonchev–Trinajstić information content (AvgIpc) is 3.35. The lowest BCUT2D eigenvalue weighted by Crippen LogP contribution is -2.48. The normalized spacial score (nSPS) is 15.3. The number of furan rings is 1. The number of rotatable bonds is 4. The van der Waals surface area contributed by atoms with Crippen LogP contribution in [0.4, 0.5) is 5.82 Å². The minimum absolute atomic E-state index is 0.0117. The van der Waals surface area contributed by atoms with Crippen LogP contribution in [-0.2, 0) is 11.2 Å². The predicted octanol–water partition coefficient (Wildman–Crippen LogP) is 3.21. The van der Waals surface area contributed by atoms with E-state index in [2.05, 4.69) is 27.9 Å². The Hall–Kier alpha value is -2.67. The Bertz CT molecular complexity index is 924. The van der Waals surface area contributed by atoms with E-state index < -0.39 is 0 Å². The molecule has 3 aromatic heterocycles. The number of piperazine rings is 1. The minimum Gasteiger partial charge on any atom is -0.465 e. The van der Waals surface area contributed by atoms with Gasteiger partial charge in [-0.3, -0.25) is 4.79 Å². The highest BCUT2D eigenvalue weighted by molar-refractivity contribution is 7.18. The molecule has 0 aliphatic carbocycles. The van der Waals surface area contributed by atoms with Crippen molar-refractivity contribution in [2.45, 2.75) is 13.3 Å². The van der Waals surface area contributed by atoms with E-state index in [1.807, 2.05) is 11.0 Å². The second-order valence-electron chi connectivity index (χ2n) is 6.14. The number of hydrogen-bond donors (Lipinski definition) is 0. The fourth-order valence-electron chi connectivity index (χ4n) is 3.10. The van der Waals surface area contributed by atoms with Gasteiger partial charge in [0.05, 0.1) is 11.6 Å². The third-order valence-electron chi connectivity index (χ3n) is 4.53. The molecule has 0 saturated carbocycles. The summed E-state index contributed by atoms with van der Waals surface area (Å²) in [4.78, 5) is 27.7. The summed E-state index contributed by atoms with van der Waals surface area (Å²) in [7, 11) is 0. The van der Waals surface area contributed by atoms with E-state index in [0.717, 1.165) is 35.5 Å². The molecule has 1 aliphatic rings. The molecule has 0 aromatic carbocycles. The Morgan fingerprint density at radius 1 is 1.31 bits per heavy atom. The molecule has 0 N–H and O–H groups in total. The van der Waals surface area contributed by atoms with Gasteiger partial charge in [-0.2, -0.15) is 0 Å². The monoisotopic (exact) mass is 368 g/mol. The third kappa shape index (κ3) is 3.35. The zero-order valence-electron chi connectivity index (χ0n) is 14.6. The molecule has 0 unspecified atom stereocenters. The maximum Gasteiger partial charge on any atom is 0.246 e. The van der Waals surface area contributed by atoms with Gasteiger partial charge in [0.1, 0.15) is 22.7 Å². The Morgan fingerprint density at radius 2 is 2.15 bits per heavy atom. The first-order chi connectivity index (χ1) is 12.7. The summed E-state index contributed by atoms with van der Waals surface area (Å²) in [5.41, 5.74) is 0. The van der Waals surface area contributed by atoms with Crippen LogP contribution in [0.2, 0.25) is 0 Å². The molecule has 6 nitrogen and oxygen atoms in total. The second-order valence-corrected chi connectivity index (χ2v) is 7.26. The first-order valence-corrected chi connectivity index (χ1v) is 9.55. The summed E-state index contributed by atoms with van der Waals surface area (Å²) in [6.07, 6.45) is 7.52. The van der Waals surface area contributed by atoms with Crippen molar-refractivity contribution in [3.05, 3.63) is 47.5 Å². The summed E-state index contributed by atoms with van der Waals surface area (Å²) < 4.78 is 5.22. The molecule has 1 fully saturated rings. The van der Waals surface area contributed by atoms with Crippen molar-refractivity contribution in [1.29, 1.82) is 0 Å². The number of aryl methyl sites for hydroxylation is 1. The zero-order chi connectivity index (χ0) is 17.9. The van der Waals surface area contributed by atoms with Crippen LogP contribution < -0.4 is 4.90 Å². The van der Waals surface area contributed by atoms with Crippen molar-refractivity contribution >= 4 is 39.4 Å². The summed E-state index contributed by atoms with van der Waals surface area (Å²) in [6, 6.07) is 5.83. The first-order valence-electron chi connectivity index (χ1n) is 8.73. The molecule has 1 saturated heterocycles. The Morgan fingerprint density at radius 3 is 2.88 bits per heavy atom. The number of thiophene rings is 1. The van der Waals surface area contributed by atoms with Crippen LogP contribution in [0, 0.1) is 0 Å². The van der Waals surface area contributed by atoms with Crippen molar-refractivity contribution in [2.24, 2.45) is 0 Å². The number of hydrogen-bond acceptors (Lipinski definition) is 6. The molecule has 7 heteroatoms. The van der Waals surface area contributed by atoms with Gasteiger partial charge in [0.2, 0.25) is 5.91 Å². The summed E-state index contributed by atoms with van der Waals surface area (Å²) in [6.45, 7) is 5.04. The largest absolute Gasteiger partial charge is 0.465 e. The summed E-state index contributed by atoms with van der Waals surface area (Å²) in [5.74, 6) is 1.67. The van der Waals surface area contributed by atoms with Crippen LogP contribution >= 0.6 is 11.3 Å². The molecule has 4 heterocycles. The predicted molar refractivity (Wildman–Crippen MR) is 103 cm³/mol. The highest BCUT2D eigenvalue weighted by Crippen LogP contribution is 2.30. The molecule has 26 heavy (non-hydrogen) atoms. The third-order valence-corrected chi connectivity index (χ3v) is 5.72. The van der Waals surface area contributed by atoms with Gasteiger partial charge < -0.3 is 14.2 Å². The van der Waals surface area contributed by atoms with Crippen LogP contribution in [0.25, 0.3) is 16.3 Å². The number of anilines is 1. The second kappa shape index (κ2) is 7.29. The summed E-state index contributed by atoms with van der Waals surface area (Å²) >= 11 is 1.73. The molecule has 0 bridgehead atoms. The van der Waals surface area contributed by atoms with Crippen LogP contribution in [-0.4, -0.2) is 47.0 Å². The highest BCUT2D eigenvalue weighted by atomic mass is 32.1. The molecule has 0 atom stereocenters. The topological polar surface area (TPSA) is 62.5 Å². The summed E-state index contributed by atoms with van der Waals surface area (Å²) in [5, 5.41) is 1.12. The molecule has 1 amide bonds. The van der Waals surface area contributed by atoms with Gasteiger partial charge in [0, 0.05) is 37.1 Å². The Labute approximate surface area is 155 Å². The Balaban J connectivity index is 1.44. The Kier molecular flexibility index (Phi) is 4.71. The van der Waals surface area contributed by atoms with E-state index in [1.54, 1.807) is 42.1 Å². The molecule has 3 aromatic rings. The average molecular weight is 368 g/mol. The van der Waals surface area contributed by atoms with Gasteiger partial charge in [-0.05, 0) is 30.7 Å². The van der Waals surface area contributed by atoms with Gasteiger partial charge in [-0.25, -0.2) is 9.97 Å². The van der Waals surface area contributed by atoms with E-state index in [-0.39, 0.29) is 5.91 Å². The lowest BCUT2D eigenvalue weighted by atomic mass is 10.2. The molecule has 4 rings (SSSR count). The molecule has 1 aliphatic heterocycles. The minimum atomic E-state index is 0.0117. The van der Waals surface area contributed by atoms with E-state index >= 15 is 0 Å². The van der Waals surface area contributed by atoms with Crippen molar-refractivity contribution in [1.82, 2.24) is 14.9 Å². The smallest absolute Gasteiger partial charge is 0.246 e. The van der Waals surface area contributed by atoms with Gasteiger partial charge in [-0.15, -0.1) is 11.3 Å². The highest BCUT2D eigenvalue weighted by Gasteiger charge is 2.22. The molecule has 0 spiro atoms. The number of carbonyl (C=O) groups excluding carboxylic acids is 1. The number of amides is 1. The van der Waals surface area contributed by atoms with Gasteiger partial charge >= 0.3 is 0 Å². The van der Waals surface area contributed by atoms with Crippen molar-refractivity contribution in [2.75, 3.05) is 31.1 Å². The van der Waals surface area contributed by atoms with E-state index in [0.29, 0.717) is 18.8 Å². The van der Waals surface area contributed by atoms with Gasteiger partial charge in [-0.1, -0.05) is 6.92 Å². The molecule has 134 valence electrons. The lowest BCUT2D eigenvalue weighted by Gasteiger charge is -2.35. The maximum atomic E-state index is 12.3. The standard InChI is InChI=1S/C19H20N4O2S/c1-2-15-12-16-18(20-13-21-19(16)26-15)23-9-7-22(8-10-23)17(24)6-5-14-4-3-11-25-14/h3-6,11-13H,2,7-10H2,1H3. The van der Waals surface area contributed by atoms with Crippen molar-refractivity contribution in [3.63, 3.8) is 0 Å². The number of nitrogens with zero attached hydrogens (tertiary/aromatic N) is 4. The fourth-order valence-corrected chi connectivity index (χ4v) is 4.03. The lowest BCUT2D eigenvalue weighted by molar-refractivity contribution is -0.126. The zero-order valence-corrected chi connectivity index (χ0v) is 15.4. The van der Waals surface area contributed by atoms with Crippen molar-refractivity contribution in [3.8, 4) is 0 Å². The van der Waals surface area contributed by atoms with E-state index in [9.17, 15) is 4.79 Å². The first kappa shape index (κ1) is 16.8. The molecular formula is C19H20N4O2S. The number of fused-ring (bicyclic) bond motifs is 1. The van der Waals surface area contributed by atoms with Crippen molar-refractivity contribution < 1.29 is 9.21 Å². The van der Waals surface area contributed by atoms with Crippen LogP contribution in [0.1, 0.15) is 17.6 Å². The fraction of sp³-hybridized carbons (Fsp3) is 0.316. The van der Waals surface area contributed by atoms with E-state index in [4.69, 9.17) is 4.42 Å². The number of aromatic nitrogens is 2. The van der Waals surface area contributed by atoms with Gasteiger partial charge in [0.15, 0.2) is 0 Å². The number of carbonyl (C=O) groups is 1. The van der Waals surface area contributed by atoms with Crippen LogP contribution in [0.15, 0.2) is 41.3 Å². The molecule has 0 radical (unpaired) electrons. The van der Waals surface area contributed by atoms with Crippen LogP contribution in [0.5, 0.6) is 0 Å². The maximum absolute atomic E-state index is 12.3. The molecular weight excluding hydrogens is 348 g/mol. The van der Waals surface area contributed by atoms with E-state index in [1.165, 1.54) is 4.88 Å². The quantitative estimate of drug-likeness (QED) is 0.662.